The van der Waals surface area contributed by atoms with Gasteiger partial charge in [-0.15, -0.1) is 0 Å². The van der Waals surface area contributed by atoms with Gasteiger partial charge in [-0.25, -0.2) is 9.55 Å². The van der Waals surface area contributed by atoms with Crippen molar-refractivity contribution in [3.63, 3.8) is 0 Å². The Morgan fingerprint density at radius 3 is 1.31 bits per heavy atom. The lowest BCUT2D eigenvalue weighted by Crippen LogP contribution is -2.43. The molecule has 2 atom stereocenters. The van der Waals surface area contributed by atoms with Crippen LogP contribution in [0.15, 0.2) is 73.1 Å². The third-order valence-corrected chi connectivity index (χ3v) is 12.6. The number of imidazole rings is 1. The number of hydrogen-bond acceptors (Lipinski definition) is 0. The molecule has 0 aliphatic heterocycles. The summed E-state index contributed by atoms with van der Waals surface area (Å²) in [5, 5.41) is 0. The van der Waals surface area contributed by atoms with E-state index in [1.54, 1.807) is 0 Å². The Hall–Kier alpha value is -2.35. The van der Waals surface area contributed by atoms with Crippen LogP contribution in [0.4, 0.5) is 0 Å². The van der Waals surface area contributed by atoms with E-state index >= 15 is 0 Å². The molecule has 54 heavy (non-hydrogen) atoms. The van der Waals surface area contributed by atoms with Gasteiger partial charge in [0, 0.05) is 5.41 Å². The number of unbranched alkanes of at least 4 members (excludes halogenated alkanes) is 27. The summed E-state index contributed by atoms with van der Waals surface area (Å²) < 4.78 is 2.60. The number of nitrogens with zero attached hydrogens (tertiary/aromatic N) is 1. The molecule has 0 fully saturated rings. The summed E-state index contributed by atoms with van der Waals surface area (Å²) in [5.74, 6) is 1.88. The monoisotopic (exact) mass is 740 g/mol. The van der Waals surface area contributed by atoms with Crippen LogP contribution in [0.25, 0.3) is 0 Å². The van der Waals surface area contributed by atoms with Crippen molar-refractivity contribution >= 4 is 0 Å². The number of H-pyrrole nitrogens is 1. The average molecular weight is 740 g/mol. The maximum Gasteiger partial charge on any atom is 0.258 e. The first-order chi connectivity index (χ1) is 26.7. The molecule has 0 bridgehead atoms. The topological polar surface area (TPSA) is 19.7 Å². The standard InChI is InChI=1S/C52H86N2/c1-4-6-8-10-12-14-16-18-19-20-21-22-24-26-28-30-38-45-54-46-44-53-51(54)50(43-37-29-27-25-23-17-15-13-11-9-7-5-2)52(3,49-41-35-32-36-42-49)47-48-39-33-31-34-40-48/h31-36,39-42,44,46,50H,4-30,37-38,43,45,47H2,1-3H3/p+1. The number of aromatic amines is 1. The van der Waals surface area contributed by atoms with Crippen molar-refractivity contribution in [3.05, 3.63) is 90.0 Å². The Morgan fingerprint density at radius 2 is 0.870 bits per heavy atom. The summed E-state index contributed by atoms with van der Waals surface area (Å²) in [5.41, 5.74) is 2.91. The molecule has 0 spiro atoms. The molecule has 1 aromatic heterocycles. The van der Waals surface area contributed by atoms with E-state index < -0.39 is 0 Å². The Morgan fingerprint density at radius 1 is 0.481 bits per heavy atom. The van der Waals surface area contributed by atoms with Gasteiger partial charge in [0.25, 0.3) is 5.82 Å². The van der Waals surface area contributed by atoms with Crippen molar-refractivity contribution < 1.29 is 4.57 Å². The molecular formula is C52H87N2+. The van der Waals surface area contributed by atoms with Crippen molar-refractivity contribution in [1.29, 1.82) is 0 Å². The smallest absolute Gasteiger partial charge is 0.247 e. The minimum Gasteiger partial charge on any atom is -0.247 e. The molecule has 0 aliphatic carbocycles. The Balaban J connectivity index is 1.47. The van der Waals surface area contributed by atoms with Gasteiger partial charge in [-0.1, -0.05) is 255 Å². The maximum absolute atomic E-state index is 3.83. The van der Waals surface area contributed by atoms with Crippen molar-refractivity contribution in [2.45, 2.75) is 238 Å². The number of rotatable bonds is 36. The quantitative estimate of drug-likeness (QED) is 0.0453. The highest BCUT2D eigenvalue weighted by Crippen LogP contribution is 2.43. The number of hydrogen-bond donors (Lipinski definition) is 1. The fourth-order valence-corrected chi connectivity index (χ4v) is 9.09. The highest BCUT2D eigenvalue weighted by atomic mass is 15.1. The van der Waals surface area contributed by atoms with E-state index in [4.69, 9.17) is 0 Å². The van der Waals surface area contributed by atoms with Gasteiger partial charge in [0.15, 0.2) is 0 Å². The summed E-state index contributed by atoms with van der Waals surface area (Å²) in [6.45, 7) is 8.31. The molecule has 2 heteroatoms. The number of nitrogens with one attached hydrogen (secondary N) is 1. The Bertz CT molecular complexity index is 1230. The summed E-state index contributed by atoms with van der Waals surface area (Å²) >= 11 is 0. The van der Waals surface area contributed by atoms with Crippen LogP contribution >= 0.6 is 0 Å². The van der Waals surface area contributed by atoms with Crippen molar-refractivity contribution in [2.24, 2.45) is 0 Å². The lowest BCUT2D eigenvalue weighted by Gasteiger charge is -2.37. The molecule has 1 N–H and O–H groups in total. The minimum absolute atomic E-state index is 0.00123. The highest BCUT2D eigenvalue weighted by molar-refractivity contribution is 5.32. The largest absolute Gasteiger partial charge is 0.258 e. The molecule has 3 rings (SSSR count). The zero-order chi connectivity index (χ0) is 38.2. The summed E-state index contributed by atoms with van der Waals surface area (Å²) in [4.78, 5) is 3.83. The zero-order valence-electron chi connectivity index (χ0n) is 36.1. The first-order valence-corrected chi connectivity index (χ1v) is 23.8. The van der Waals surface area contributed by atoms with Crippen LogP contribution in [0.3, 0.4) is 0 Å². The predicted molar refractivity (Wildman–Crippen MR) is 238 cm³/mol. The van der Waals surface area contributed by atoms with Crippen LogP contribution in [-0.2, 0) is 18.4 Å². The highest BCUT2D eigenvalue weighted by Gasteiger charge is 2.42. The molecule has 0 saturated heterocycles. The Labute approximate surface area is 336 Å². The van der Waals surface area contributed by atoms with Crippen LogP contribution in [0.2, 0.25) is 0 Å². The molecule has 0 saturated carbocycles. The third kappa shape index (κ3) is 19.5. The van der Waals surface area contributed by atoms with Crippen LogP contribution in [0.1, 0.15) is 236 Å². The number of aromatic nitrogens is 2. The second-order valence-corrected chi connectivity index (χ2v) is 17.4. The second-order valence-electron chi connectivity index (χ2n) is 17.4. The fraction of sp³-hybridized carbons (Fsp3) is 0.712. The lowest BCUT2D eigenvalue weighted by atomic mass is 9.66. The first-order valence-electron chi connectivity index (χ1n) is 23.8. The van der Waals surface area contributed by atoms with E-state index in [0.717, 1.165) is 13.0 Å². The minimum atomic E-state index is 0.00123. The molecule has 0 radical (unpaired) electrons. The normalized spacial score (nSPS) is 13.3. The third-order valence-electron chi connectivity index (χ3n) is 12.6. The van der Waals surface area contributed by atoms with Crippen LogP contribution < -0.4 is 4.57 Å². The summed E-state index contributed by atoms with van der Waals surface area (Å²) in [6, 6.07) is 22.7. The maximum atomic E-state index is 3.83. The molecular weight excluding hydrogens is 653 g/mol. The first kappa shape index (κ1) is 46.0. The predicted octanol–water partition coefficient (Wildman–Crippen LogP) is 16.3. The van der Waals surface area contributed by atoms with E-state index in [-0.39, 0.29) is 5.41 Å². The van der Waals surface area contributed by atoms with Gasteiger partial charge < -0.3 is 0 Å². The summed E-state index contributed by atoms with van der Waals surface area (Å²) in [6.07, 6.45) is 47.8. The van der Waals surface area contributed by atoms with Gasteiger partial charge in [0.1, 0.15) is 12.4 Å². The molecule has 0 aliphatic rings. The Kier molecular flexibility index (Phi) is 26.3. The average Bonchev–Trinajstić information content (AvgIpc) is 3.66. The van der Waals surface area contributed by atoms with E-state index in [1.165, 1.54) is 210 Å². The fourth-order valence-electron chi connectivity index (χ4n) is 9.09. The molecule has 2 unspecified atom stereocenters. The van der Waals surface area contributed by atoms with Crippen molar-refractivity contribution in [3.8, 4) is 0 Å². The van der Waals surface area contributed by atoms with Gasteiger partial charge in [-0.2, -0.15) is 0 Å². The van der Waals surface area contributed by atoms with Crippen LogP contribution in [0.5, 0.6) is 0 Å². The van der Waals surface area contributed by atoms with E-state index in [2.05, 4.69) is 103 Å². The molecule has 304 valence electrons. The number of benzene rings is 2. The SMILES string of the molecule is CCCCCCCCCCCCCCCCCCC[n+]1cc[nH]c1C(CCCCCCCCCCCCCC)C(C)(Cc1ccccc1)c1ccccc1. The van der Waals surface area contributed by atoms with Crippen LogP contribution in [0, 0.1) is 0 Å². The van der Waals surface area contributed by atoms with E-state index in [1.807, 2.05) is 0 Å². The van der Waals surface area contributed by atoms with Gasteiger partial charge >= 0.3 is 0 Å². The molecule has 3 aromatic rings. The molecule has 2 nitrogen and oxygen atoms in total. The molecule has 1 heterocycles. The summed E-state index contributed by atoms with van der Waals surface area (Å²) in [7, 11) is 0. The van der Waals surface area contributed by atoms with Crippen molar-refractivity contribution in [1.82, 2.24) is 4.98 Å². The molecule has 2 aromatic carbocycles. The zero-order valence-corrected chi connectivity index (χ0v) is 36.1. The van der Waals surface area contributed by atoms with E-state index in [9.17, 15) is 0 Å². The van der Waals surface area contributed by atoms with Gasteiger partial charge in [-0.05, 0) is 36.8 Å². The van der Waals surface area contributed by atoms with Gasteiger partial charge in [0.05, 0.1) is 12.5 Å². The van der Waals surface area contributed by atoms with Crippen molar-refractivity contribution in [2.75, 3.05) is 0 Å². The van der Waals surface area contributed by atoms with Crippen LogP contribution in [-0.4, -0.2) is 4.98 Å². The molecule has 0 amide bonds. The van der Waals surface area contributed by atoms with Gasteiger partial charge in [-0.3, -0.25) is 0 Å². The number of aryl methyl sites for hydroxylation is 1. The lowest BCUT2D eigenvalue weighted by molar-refractivity contribution is -0.705. The second kappa shape index (κ2) is 30.8. The van der Waals surface area contributed by atoms with E-state index in [0.29, 0.717) is 5.92 Å². The van der Waals surface area contributed by atoms with Gasteiger partial charge in [0.2, 0.25) is 0 Å².